The first-order valence-electron chi connectivity index (χ1n) is 8.87. The van der Waals surface area contributed by atoms with E-state index in [0.717, 1.165) is 12.1 Å². The quantitative estimate of drug-likeness (QED) is 0.735. The number of benzene rings is 2. The van der Waals surface area contributed by atoms with Crippen LogP contribution in [-0.4, -0.2) is 28.5 Å². The molecule has 1 aliphatic rings. The van der Waals surface area contributed by atoms with Crippen molar-refractivity contribution in [3.63, 3.8) is 0 Å². The summed E-state index contributed by atoms with van der Waals surface area (Å²) in [5.41, 5.74) is 1.88. The van der Waals surface area contributed by atoms with Crippen molar-refractivity contribution in [2.24, 2.45) is 0 Å². The van der Waals surface area contributed by atoms with Gasteiger partial charge in [0.1, 0.15) is 5.82 Å². The number of nitrogens with one attached hydrogen (secondary N) is 1. The fourth-order valence-electron chi connectivity index (χ4n) is 3.01. The Morgan fingerprint density at radius 2 is 1.89 bits per heavy atom. The lowest BCUT2D eigenvalue weighted by Crippen LogP contribution is -2.25. The summed E-state index contributed by atoms with van der Waals surface area (Å²) in [6.45, 7) is 0.775. The Morgan fingerprint density at radius 1 is 1.14 bits per heavy atom. The summed E-state index contributed by atoms with van der Waals surface area (Å²) in [6, 6.07) is 12.6. The molecule has 0 unspecified atom stereocenters. The van der Waals surface area contributed by atoms with Crippen LogP contribution in [0.2, 0.25) is 0 Å². The van der Waals surface area contributed by atoms with Crippen LogP contribution in [0.5, 0.6) is 0 Å². The number of amides is 2. The number of carbonyl (C=O) groups excluding carboxylic acids is 2. The molecule has 2 heterocycles. The van der Waals surface area contributed by atoms with E-state index in [1.54, 1.807) is 41.3 Å². The van der Waals surface area contributed by atoms with Crippen molar-refractivity contribution < 1.29 is 18.5 Å². The summed E-state index contributed by atoms with van der Waals surface area (Å²) in [4.78, 5) is 30.0. The molecule has 8 heteroatoms. The second-order valence-electron chi connectivity index (χ2n) is 6.40. The van der Waals surface area contributed by atoms with Crippen LogP contribution in [0.3, 0.4) is 0 Å². The molecule has 0 saturated carbocycles. The number of hydrogen-bond acceptors (Lipinski definition) is 5. The number of nitrogens with zero attached hydrogens (tertiary/aromatic N) is 3. The molecule has 142 valence electrons. The van der Waals surface area contributed by atoms with Crippen LogP contribution in [0, 0.1) is 5.82 Å². The maximum atomic E-state index is 13.0. The molecule has 1 aromatic heterocycles. The second-order valence-corrected chi connectivity index (χ2v) is 6.40. The molecule has 1 N–H and O–H groups in total. The van der Waals surface area contributed by atoms with Gasteiger partial charge in [-0.05, 0) is 55.0 Å². The van der Waals surface area contributed by atoms with Gasteiger partial charge >= 0.3 is 0 Å². The van der Waals surface area contributed by atoms with Crippen LogP contribution in [0.1, 0.15) is 29.1 Å². The Labute approximate surface area is 160 Å². The first-order chi connectivity index (χ1) is 13.6. The smallest absolute Gasteiger partial charge is 0.251 e. The topological polar surface area (TPSA) is 88.3 Å². The largest absolute Gasteiger partial charge is 0.343 e. The van der Waals surface area contributed by atoms with Gasteiger partial charge in [-0.3, -0.25) is 9.59 Å². The van der Waals surface area contributed by atoms with Crippen molar-refractivity contribution >= 4 is 17.5 Å². The molecule has 0 radical (unpaired) electrons. The van der Waals surface area contributed by atoms with Gasteiger partial charge in [0.25, 0.3) is 5.91 Å². The van der Waals surface area contributed by atoms with Crippen molar-refractivity contribution in [3.05, 3.63) is 65.8 Å². The zero-order chi connectivity index (χ0) is 19.5. The van der Waals surface area contributed by atoms with Gasteiger partial charge in [-0.25, -0.2) is 4.39 Å². The van der Waals surface area contributed by atoms with Crippen LogP contribution in [0.15, 0.2) is 53.1 Å². The Kier molecular flexibility index (Phi) is 4.84. The van der Waals surface area contributed by atoms with Gasteiger partial charge in [0.15, 0.2) is 0 Å². The third kappa shape index (κ3) is 3.75. The highest BCUT2D eigenvalue weighted by molar-refractivity contribution is 5.97. The monoisotopic (exact) mass is 380 g/mol. The first-order valence-corrected chi connectivity index (χ1v) is 8.87. The molecule has 2 amide bonds. The average molecular weight is 380 g/mol. The third-order valence-electron chi connectivity index (χ3n) is 4.49. The lowest BCUT2D eigenvalue weighted by Gasteiger charge is -2.15. The zero-order valence-electron chi connectivity index (χ0n) is 14.9. The minimum Gasteiger partial charge on any atom is -0.343 e. The van der Waals surface area contributed by atoms with E-state index < -0.39 is 0 Å². The van der Waals surface area contributed by atoms with Crippen molar-refractivity contribution in [1.29, 1.82) is 0 Å². The summed E-state index contributed by atoms with van der Waals surface area (Å²) in [7, 11) is 0. The minimum atomic E-state index is -0.347. The fourth-order valence-corrected chi connectivity index (χ4v) is 3.01. The molecule has 1 saturated heterocycles. The zero-order valence-corrected chi connectivity index (χ0v) is 14.9. The van der Waals surface area contributed by atoms with Gasteiger partial charge in [0.05, 0.1) is 6.54 Å². The van der Waals surface area contributed by atoms with E-state index in [0.29, 0.717) is 29.9 Å². The van der Waals surface area contributed by atoms with Gasteiger partial charge in [-0.2, -0.15) is 4.98 Å². The molecule has 0 atom stereocenters. The summed E-state index contributed by atoms with van der Waals surface area (Å²) in [5.74, 6) is 0.0297. The maximum Gasteiger partial charge on any atom is 0.251 e. The maximum absolute atomic E-state index is 13.0. The predicted octanol–water partition coefficient (Wildman–Crippen LogP) is 2.93. The normalized spacial score (nSPS) is 13.8. The summed E-state index contributed by atoms with van der Waals surface area (Å²) >= 11 is 0. The van der Waals surface area contributed by atoms with Crippen molar-refractivity contribution in [2.45, 2.75) is 19.4 Å². The average Bonchev–Trinajstić information content (AvgIpc) is 3.36. The van der Waals surface area contributed by atoms with E-state index in [4.69, 9.17) is 4.52 Å². The van der Waals surface area contributed by atoms with E-state index in [1.165, 1.54) is 12.1 Å². The highest BCUT2D eigenvalue weighted by atomic mass is 19.1. The fraction of sp³-hybridized carbons (Fsp3) is 0.200. The van der Waals surface area contributed by atoms with E-state index in [9.17, 15) is 14.0 Å². The Balaban J connectivity index is 1.36. The molecular formula is C20H17FN4O3. The van der Waals surface area contributed by atoms with E-state index in [1.807, 2.05) is 0 Å². The van der Waals surface area contributed by atoms with E-state index in [-0.39, 0.29) is 30.1 Å². The van der Waals surface area contributed by atoms with Crippen molar-refractivity contribution in [1.82, 2.24) is 15.5 Å². The number of aromatic nitrogens is 2. The second kappa shape index (κ2) is 7.59. The Bertz CT molecular complexity index is 999. The van der Waals surface area contributed by atoms with E-state index in [2.05, 4.69) is 15.5 Å². The van der Waals surface area contributed by atoms with Crippen LogP contribution in [-0.2, 0) is 11.3 Å². The van der Waals surface area contributed by atoms with Gasteiger partial charge in [0, 0.05) is 29.8 Å². The number of hydrogen-bond donors (Lipinski definition) is 1. The summed E-state index contributed by atoms with van der Waals surface area (Å²) in [6.07, 6.45) is 1.41. The summed E-state index contributed by atoms with van der Waals surface area (Å²) in [5, 5.41) is 6.54. The highest BCUT2D eigenvalue weighted by Crippen LogP contribution is 2.21. The molecule has 0 spiro atoms. The van der Waals surface area contributed by atoms with E-state index >= 15 is 0 Å². The highest BCUT2D eigenvalue weighted by Gasteiger charge is 2.21. The van der Waals surface area contributed by atoms with Crippen LogP contribution in [0.4, 0.5) is 10.1 Å². The SMILES string of the molecule is O=C(NCc1nc(-c2ccc(F)cc2)no1)c1ccc(N2CCCC2=O)cc1. The van der Waals surface area contributed by atoms with Gasteiger partial charge < -0.3 is 14.7 Å². The summed E-state index contributed by atoms with van der Waals surface area (Å²) < 4.78 is 18.1. The molecule has 1 fully saturated rings. The molecule has 2 aromatic carbocycles. The van der Waals surface area contributed by atoms with Gasteiger partial charge in [0.2, 0.25) is 17.6 Å². The molecule has 4 rings (SSSR count). The number of halogens is 1. The van der Waals surface area contributed by atoms with Crippen LogP contribution < -0.4 is 10.2 Å². The van der Waals surface area contributed by atoms with Crippen molar-refractivity contribution in [3.8, 4) is 11.4 Å². The van der Waals surface area contributed by atoms with Gasteiger partial charge in [-0.1, -0.05) is 5.16 Å². The third-order valence-corrected chi connectivity index (χ3v) is 4.49. The Morgan fingerprint density at radius 3 is 2.57 bits per heavy atom. The van der Waals surface area contributed by atoms with Crippen LogP contribution in [0.25, 0.3) is 11.4 Å². The lowest BCUT2D eigenvalue weighted by atomic mass is 10.2. The molecule has 3 aromatic rings. The number of carbonyl (C=O) groups is 2. The number of rotatable bonds is 5. The van der Waals surface area contributed by atoms with Crippen molar-refractivity contribution in [2.75, 3.05) is 11.4 Å². The van der Waals surface area contributed by atoms with Crippen LogP contribution >= 0.6 is 0 Å². The molecule has 0 bridgehead atoms. The standard InChI is InChI=1S/C20H17FN4O3/c21-15-7-3-13(4-8-15)19-23-17(28-24-19)12-22-20(27)14-5-9-16(10-6-14)25-11-1-2-18(25)26/h3-10H,1-2,11-12H2,(H,22,27). The molecular weight excluding hydrogens is 363 g/mol. The number of anilines is 1. The minimum absolute atomic E-state index is 0.0688. The molecule has 28 heavy (non-hydrogen) atoms. The lowest BCUT2D eigenvalue weighted by molar-refractivity contribution is -0.117. The Hall–Kier alpha value is -3.55. The molecule has 7 nitrogen and oxygen atoms in total. The van der Waals surface area contributed by atoms with Gasteiger partial charge in [-0.15, -0.1) is 0 Å². The molecule has 0 aliphatic carbocycles. The molecule has 1 aliphatic heterocycles. The first kappa shape index (κ1) is 17.8. The predicted molar refractivity (Wildman–Crippen MR) is 98.9 cm³/mol.